The molecule has 0 unspecified atom stereocenters. The lowest BCUT2D eigenvalue weighted by Crippen LogP contribution is -2.32. The predicted octanol–water partition coefficient (Wildman–Crippen LogP) is 3.59. The molecule has 0 atom stereocenters. The van der Waals surface area contributed by atoms with E-state index in [2.05, 4.69) is 0 Å². The molecular weight excluding hydrogens is 316 g/mol. The summed E-state index contributed by atoms with van der Waals surface area (Å²) in [7, 11) is -4.01. The maximum Gasteiger partial charge on any atom is 0.289 e. The summed E-state index contributed by atoms with van der Waals surface area (Å²) in [5.74, 6) is 0. The van der Waals surface area contributed by atoms with Crippen molar-refractivity contribution >= 4 is 21.4 Å². The molecule has 7 heteroatoms. The highest BCUT2D eigenvalue weighted by Crippen LogP contribution is 2.29. The second-order valence-corrected chi connectivity index (χ2v) is 6.82. The van der Waals surface area contributed by atoms with Gasteiger partial charge in [-0.25, -0.2) is 8.42 Å². The van der Waals surface area contributed by atoms with Crippen LogP contribution < -0.4 is 4.31 Å². The van der Waals surface area contributed by atoms with Gasteiger partial charge < -0.3 is 0 Å². The Kier molecular flexibility index (Phi) is 5.33. The van der Waals surface area contributed by atoms with Crippen molar-refractivity contribution in [3.05, 3.63) is 64.7 Å². The summed E-state index contributed by atoms with van der Waals surface area (Å²) in [6.45, 7) is 2.23. The second-order valence-electron chi connectivity index (χ2n) is 4.99. The van der Waals surface area contributed by atoms with Crippen molar-refractivity contribution in [1.29, 1.82) is 0 Å². The van der Waals surface area contributed by atoms with Crippen molar-refractivity contribution in [1.82, 2.24) is 0 Å². The summed E-state index contributed by atoms with van der Waals surface area (Å²) >= 11 is 0. The van der Waals surface area contributed by atoms with Crippen LogP contribution in [0.3, 0.4) is 0 Å². The van der Waals surface area contributed by atoms with Crippen LogP contribution in [0.2, 0.25) is 0 Å². The third-order valence-corrected chi connectivity index (χ3v) is 5.26. The minimum absolute atomic E-state index is 0.273. The fraction of sp³-hybridized carbons (Fsp3) is 0.250. The number of unbranched alkanes of at least 4 members (excludes halogenated alkanes) is 1. The average Bonchev–Trinajstić information content (AvgIpc) is 2.56. The molecule has 6 nitrogen and oxygen atoms in total. The SMILES string of the molecule is CCCCN(c1ccccc1)S(=O)(=O)c1ccccc1[N+](=O)[O-]. The van der Waals surface area contributed by atoms with E-state index in [1.165, 1.54) is 28.6 Å². The van der Waals surface area contributed by atoms with Crippen LogP contribution in [0.5, 0.6) is 0 Å². The number of nitro benzene ring substituents is 1. The molecule has 0 radical (unpaired) electrons. The Bertz CT molecular complexity index is 776. The molecule has 0 spiro atoms. The fourth-order valence-corrected chi connectivity index (χ4v) is 3.89. The molecular formula is C16H18N2O4S. The number of nitro groups is 1. The molecule has 2 aromatic rings. The highest BCUT2D eigenvalue weighted by molar-refractivity contribution is 7.93. The van der Waals surface area contributed by atoms with Crippen LogP contribution in [0.4, 0.5) is 11.4 Å². The molecule has 0 N–H and O–H groups in total. The van der Waals surface area contributed by atoms with E-state index < -0.39 is 20.6 Å². The standard InChI is InChI=1S/C16H18N2O4S/c1-2-3-13-17(14-9-5-4-6-10-14)23(21,22)16-12-8-7-11-15(16)18(19)20/h4-12H,2-3,13H2,1H3. The molecule has 2 rings (SSSR count). The number of para-hydroxylation sites is 2. The van der Waals surface area contributed by atoms with Gasteiger partial charge in [0, 0.05) is 12.6 Å². The van der Waals surface area contributed by atoms with Crippen molar-refractivity contribution in [2.45, 2.75) is 24.7 Å². The van der Waals surface area contributed by atoms with Gasteiger partial charge in [0.25, 0.3) is 15.7 Å². The molecule has 0 saturated carbocycles. The quantitative estimate of drug-likeness (QED) is 0.572. The molecule has 0 aliphatic carbocycles. The predicted molar refractivity (Wildman–Crippen MR) is 89.0 cm³/mol. The van der Waals surface area contributed by atoms with Crippen LogP contribution in [0.1, 0.15) is 19.8 Å². The zero-order chi connectivity index (χ0) is 16.9. The van der Waals surface area contributed by atoms with Crippen LogP contribution in [0.25, 0.3) is 0 Å². The number of nitrogens with zero attached hydrogens (tertiary/aromatic N) is 2. The second kappa shape index (κ2) is 7.23. The van der Waals surface area contributed by atoms with Gasteiger partial charge in [0.15, 0.2) is 4.90 Å². The maximum absolute atomic E-state index is 13.0. The molecule has 2 aromatic carbocycles. The third kappa shape index (κ3) is 3.68. The van der Waals surface area contributed by atoms with Crippen LogP contribution in [0, 0.1) is 10.1 Å². The zero-order valence-corrected chi connectivity index (χ0v) is 13.6. The Morgan fingerprint density at radius 1 is 1.04 bits per heavy atom. The van der Waals surface area contributed by atoms with E-state index in [1.54, 1.807) is 30.3 Å². The topological polar surface area (TPSA) is 80.5 Å². The Hall–Kier alpha value is -2.41. The van der Waals surface area contributed by atoms with Gasteiger partial charge in [-0.05, 0) is 24.6 Å². The third-order valence-electron chi connectivity index (χ3n) is 3.39. The van der Waals surface area contributed by atoms with Crippen LogP contribution >= 0.6 is 0 Å². The van der Waals surface area contributed by atoms with Crippen LogP contribution in [-0.2, 0) is 10.0 Å². The van der Waals surface area contributed by atoms with E-state index in [4.69, 9.17) is 0 Å². The van der Waals surface area contributed by atoms with Gasteiger partial charge in [-0.3, -0.25) is 14.4 Å². The molecule has 0 bridgehead atoms. The van der Waals surface area contributed by atoms with Gasteiger partial charge in [0.1, 0.15) is 0 Å². The maximum atomic E-state index is 13.0. The number of hydrogen-bond donors (Lipinski definition) is 0. The lowest BCUT2D eigenvalue weighted by atomic mass is 10.3. The average molecular weight is 334 g/mol. The monoisotopic (exact) mass is 334 g/mol. The largest absolute Gasteiger partial charge is 0.289 e. The molecule has 0 saturated heterocycles. The Morgan fingerprint density at radius 2 is 1.65 bits per heavy atom. The van der Waals surface area contributed by atoms with E-state index in [-0.39, 0.29) is 11.4 Å². The van der Waals surface area contributed by atoms with Gasteiger partial charge in [0.05, 0.1) is 10.6 Å². The number of sulfonamides is 1. The van der Waals surface area contributed by atoms with Crippen molar-refractivity contribution in [3.8, 4) is 0 Å². The molecule has 122 valence electrons. The molecule has 0 aliphatic rings. The first-order chi connectivity index (χ1) is 11.0. The lowest BCUT2D eigenvalue weighted by Gasteiger charge is -2.24. The van der Waals surface area contributed by atoms with Gasteiger partial charge in [-0.2, -0.15) is 0 Å². The first-order valence-electron chi connectivity index (χ1n) is 7.29. The van der Waals surface area contributed by atoms with Gasteiger partial charge in [0.2, 0.25) is 0 Å². The summed E-state index contributed by atoms with van der Waals surface area (Å²) in [6, 6.07) is 14.1. The minimum atomic E-state index is -4.01. The summed E-state index contributed by atoms with van der Waals surface area (Å²) < 4.78 is 27.2. The molecule has 0 amide bonds. The van der Waals surface area contributed by atoms with Crippen LogP contribution in [-0.4, -0.2) is 19.9 Å². The van der Waals surface area contributed by atoms with Crippen molar-refractivity contribution in [2.24, 2.45) is 0 Å². The van der Waals surface area contributed by atoms with Crippen molar-refractivity contribution < 1.29 is 13.3 Å². The van der Waals surface area contributed by atoms with Gasteiger partial charge in [-0.1, -0.05) is 43.7 Å². The normalized spacial score (nSPS) is 11.2. The lowest BCUT2D eigenvalue weighted by molar-refractivity contribution is -0.387. The minimum Gasteiger partial charge on any atom is -0.266 e. The van der Waals surface area contributed by atoms with Gasteiger partial charge in [-0.15, -0.1) is 0 Å². The molecule has 0 fully saturated rings. The Labute approximate surface area is 135 Å². The first-order valence-corrected chi connectivity index (χ1v) is 8.73. The molecule has 23 heavy (non-hydrogen) atoms. The Balaban J connectivity index is 2.55. The zero-order valence-electron chi connectivity index (χ0n) is 12.8. The number of anilines is 1. The summed E-state index contributed by atoms with van der Waals surface area (Å²) in [6.07, 6.45) is 1.48. The summed E-state index contributed by atoms with van der Waals surface area (Å²) in [4.78, 5) is 10.2. The van der Waals surface area contributed by atoms with E-state index >= 15 is 0 Å². The van der Waals surface area contributed by atoms with E-state index in [9.17, 15) is 18.5 Å². The van der Waals surface area contributed by atoms with Crippen molar-refractivity contribution in [3.63, 3.8) is 0 Å². The molecule has 0 heterocycles. The number of rotatable bonds is 7. The van der Waals surface area contributed by atoms with Crippen molar-refractivity contribution in [2.75, 3.05) is 10.8 Å². The number of benzene rings is 2. The van der Waals surface area contributed by atoms with Gasteiger partial charge >= 0.3 is 0 Å². The van der Waals surface area contributed by atoms with E-state index in [0.717, 1.165) is 6.42 Å². The smallest absolute Gasteiger partial charge is 0.266 e. The molecule has 0 aromatic heterocycles. The number of hydrogen-bond acceptors (Lipinski definition) is 4. The first kappa shape index (κ1) is 17.0. The molecule has 0 aliphatic heterocycles. The Morgan fingerprint density at radius 3 is 2.26 bits per heavy atom. The van der Waals surface area contributed by atoms with E-state index in [1.807, 2.05) is 6.92 Å². The van der Waals surface area contributed by atoms with Crippen LogP contribution in [0.15, 0.2) is 59.5 Å². The summed E-state index contributed by atoms with van der Waals surface area (Å²) in [5, 5.41) is 11.2. The van der Waals surface area contributed by atoms with E-state index in [0.29, 0.717) is 12.1 Å². The fourth-order valence-electron chi connectivity index (χ4n) is 2.23. The highest BCUT2D eigenvalue weighted by Gasteiger charge is 2.31. The summed E-state index contributed by atoms with van der Waals surface area (Å²) in [5.41, 5.74) is 0.0871. The highest BCUT2D eigenvalue weighted by atomic mass is 32.2.